The first-order valence-corrected chi connectivity index (χ1v) is 7.27. The number of carboxylic acids is 1. The van der Waals surface area contributed by atoms with E-state index >= 15 is 0 Å². The molecule has 0 aliphatic carbocycles. The smallest absolute Gasteiger partial charge is 0.306 e. The van der Waals surface area contributed by atoms with Gasteiger partial charge in [-0.2, -0.15) is 0 Å². The van der Waals surface area contributed by atoms with E-state index in [1.807, 2.05) is 0 Å². The highest BCUT2D eigenvalue weighted by molar-refractivity contribution is 6.34. The fourth-order valence-electron chi connectivity index (χ4n) is 2.69. The zero-order valence-corrected chi connectivity index (χ0v) is 12.5. The van der Waals surface area contributed by atoms with Gasteiger partial charge in [-0.1, -0.05) is 24.3 Å². The molecule has 0 spiro atoms. The fourth-order valence-corrected chi connectivity index (χ4v) is 2.69. The molecular formula is C18H14FNO4. The number of carboxylic acid groups (broad SMARTS) is 1. The molecule has 122 valence electrons. The summed E-state index contributed by atoms with van der Waals surface area (Å²) in [5.74, 6) is -1.95. The van der Waals surface area contributed by atoms with Crippen LogP contribution in [0, 0.1) is 5.82 Å². The molecule has 24 heavy (non-hydrogen) atoms. The maximum Gasteiger partial charge on any atom is 0.306 e. The van der Waals surface area contributed by atoms with Gasteiger partial charge in [0.05, 0.1) is 18.2 Å². The Kier molecular flexibility index (Phi) is 4.14. The van der Waals surface area contributed by atoms with Crippen LogP contribution in [-0.2, 0) is 9.59 Å². The normalized spacial score (nSPS) is 15.9. The molecule has 5 nitrogen and oxygen atoms in total. The number of aliphatic hydroxyl groups excluding tert-OH is 1. The van der Waals surface area contributed by atoms with Crippen LogP contribution in [0.15, 0.2) is 42.5 Å². The maximum atomic E-state index is 13.3. The van der Waals surface area contributed by atoms with Crippen LogP contribution in [0.3, 0.4) is 0 Å². The van der Waals surface area contributed by atoms with Gasteiger partial charge in [0.25, 0.3) is 5.91 Å². The molecule has 1 amide bonds. The van der Waals surface area contributed by atoms with E-state index in [0.717, 1.165) is 0 Å². The first-order valence-electron chi connectivity index (χ1n) is 7.27. The maximum absolute atomic E-state index is 13.3. The van der Waals surface area contributed by atoms with Crippen molar-refractivity contribution in [1.82, 2.24) is 0 Å². The van der Waals surface area contributed by atoms with E-state index in [1.54, 1.807) is 30.3 Å². The number of amides is 1. The fraction of sp³-hybridized carbons (Fsp3) is 0.111. The van der Waals surface area contributed by atoms with E-state index in [0.29, 0.717) is 28.0 Å². The van der Waals surface area contributed by atoms with Gasteiger partial charge in [-0.3, -0.25) is 9.59 Å². The number of anilines is 1. The number of halogens is 1. The third kappa shape index (κ3) is 3.04. The monoisotopic (exact) mass is 327 g/mol. The highest BCUT2D eigenvalue weighted by atomic mass is 19.1. The van der Waals surface area contributed by atoms with Crippen LogP contribution in [0.5, 0.6) is 0 Å². The zero-order valence-electron chi connectivity index (χ0n) is 12.5. The van der Waals surface area contributed by atoms with Crippen LogP contribution in [0.2, 0.25) is 0 Å². The lowest BCUT2D eigenvalue weighted by Crippen LogP contribution is -2.07. The molecule has 0 bridgehead atoms. The molecule has 1 atom stereocenters. The Labute approximate surface area is 137 Å². The van der Waals surface area contributed by atoms with Gasteiger partial charge in [0.15, 0.2) is 0 Å². The topological polar surface area (TPSA) is 86.6 Å². The summed E-state index contributed by atoms with van der Waals surface area (Å²) < 4.78 is 13.3. The Morgan fingerprint density at radius 1 is 1.25 bits per heavy atom. The van der Waals surface area contributed by atoms with Crippen molar-refractivity contribution >= 4 is 29.2 Å². The number of nitrogens with one attached hydrogen (secondary N) is 1. The minimum Gasteiger partial charge on any atom is -0.481 e. The van der Waals surface area contributed by atoms with E-state index in [1.165, 1.54) is 18.2 Å². The first-order chi connectivity index (χ1) is 11.5. The molecule has 0 radical (unpaired) electrons. The van der Waals surface area contributed by atoms with Crippen LogP contribution < -0.4 is 5.32 Å². The van der Waals surface area contributed by atoms with Crippen molar-refractivity contribution in [3.8, 4) is 0 Å². The molecule has 1 heterocycles. The Morgan fingerprint density at radius 3 is 2.75 bits per heavy atom. The van der Waals surface area contributed by atoms with Crippen molar-refractivity contribution in [2.45, 2.75) is 12.5 Å². The second kappa shape index (κ2) is 6.25. The van der Waals surface area contributed by atoms with Crippen LogP contribution in [0.4, 0.5) is 10.1 Å². The molecule has 0 saturated heterocycles. The van der Waals surface area contributed by atoms with Gasteiger partial charge in [0.2, 0.25) is 0 Å². The molecular weight excluding hydrogens is 313 g/mol. The summed E-state index contributed by atoms with van der Waals surface area (Å²) in [6.07, 6.45) is -0.0547. The van der Waals surface area contributed by atoms with E-state index < -0.39 is 24.3 Å². The molecule has 3 rings (SSSR count). The molecule has 1 unspecified atom stereocenters. The van der Waals surface area contributed by atoms with E-state index in [2.05, 4.69) is 5.32 Å². The molecule has 1 aliphatic heterocycles. The number of fused-ring (bicyclic) bond motifs is 1. The van der Waals surface area contributed by atoms with Gasteiger partial charge in [-0.15, -0.1) is 0 Å². The summed E-state index contributed by atoms with van der Waals surface area (Å²) in [4.78, 5) is 23.0. The highest BCUT2D eigenvalue weighted by Gasteiger charge is 2.25. The summed E-state index contributed by atoms with van der Waals surface area (Å²) in [6.45, 7) is 0. The molecule has 3 N–H and O–H groups in total. The minimum absolute atomic E-state index is 0.333. The van der Waals surface area contributed by atoms with Crippen LogP contribution in [0.1, 0.15) is 29.2 Å². The third-order valence-corrected chi connectivity index (χ3v) is 3.79. The number of rotatable bonds is 4. The van der Waals surface area contributed by atoms with Crippen molar-refractivity contribution in [2.75, 3.05) is 5.32 Å². The minimum atomic E-state index is -1.19. The number of hydrogen-bond acceptors (Lipinski definition) is 3. The predicted octanol–water partition coefficient (Wildman–Crippen LogP) is 2.83. The third-order valence-electron chi connectivity index (χ3n) is 3.79. The number of carbonyl (C=O) groups excluding carboxylic acids is 1. The van der Waals surface area contributed by atoms with E-state index in [9.17, 15) is 19.1 Å². The molecule has 1 aliphatic rings. The van der Waals surface area contributed by atoms with Crippen molar-refractivity contribution in [2.24, 2.45) is 0 Å². The number of benzene rings is 2. The first kappa shape index (κ1) is 15.9. The number of hydrogen-bond donors (Lipinski definition) is 3. The zero-order chi connectivity index (χ0) is 17.3. The molecule has 2 aromatic rings. The lowest BCUT2D eigenvalue weighted by Gasteiger charge is -2.12. The molecule has 6 heteroatoms. The quantitative estimate of drug-likeness (QED) is 0.754. The predicted molar refractivity (Wildman–Crippen MR) is 86.6 cm³/mol. The second-order valence-electron chi connectivity index (χ2n) is 5.44. The number of aliphatic carboxylic acids is 1. The number of aliphatic hydroxyl groups is 1. The van der Waals surface area contributed by atoms with E-state index in [-0.39, 0.29) is 5.91 Å². The SMILES string of the molecule is O=C(O)CC(O)c1ccccc1/C=C1\C(=O)Nc2cc(F)ccc21. The van der Waals surface area contributed by atoms with E-state index in [4.69, 9.17) is 5.11 Å². The second-order valence-corrected chi connectivity index (χ2v) is 5.44. The lowest BCUT2D eigenvalue weighted by molar-refractivity contribution is -0.139. The Bertz CT molecular complexity index is 860. The summed E-state index contributed by atoms with van der Waals surface area (Å²) in [7, 11) is 0. The average molecular weight is 327 g/mol. The molecule has 0 saturated carbocycles. The van der Waals surface area contributed by atoms with Gasteiger partial charge >= 0.3 is 5.97 Å². The van der Waals surface area contributed by atoms with Crippen LogP contribution in [0.25, 0.3) is 11.6 Å². The van der Waals surface area contributed by atoms with Crippen molar-refractivity contribution in [1.29, 1.82) is 0 Å². The lowest BCUT2D eigenvalue weighted by atomic mass is 9.96. The molecule has 0 fully saturated rings. The standard InChI is InChI=1S/C18H14FNO4/c19-11-5-6-13-14(18(24)20-15(13)8-11)7-10-3-1-2-4-12(10)16(21)9-17(22)23/h1-8,16,21H,9H2,(H,20,24)(H,22,23)/b14-7-. The Hall–Kier alpha value is -2.99. The molecule has 2 aromatic carbocycles. The largest absolute Gasteiger partial charge is 0.481 e. The van der Waals surface area contributed by atoms with Crippen LogP contribution in [-0.4, -0.2) is 22.1 Å². The van der Waals surface area contributed by atoms with Crippen molar-refractivity contribution < 1.29 is 24.2 Å². The summed E-state index contributed by atoms with van der Waals surface area (Å²) in [5, 5.41) is 21.5. The van der Waals surface area contributed by atoms with Crippen LogP contribution >= 0.6 is 0 Å². The summed E-state index contributed by atoms with van der Waals surface area (Å²) in [6, 6.07) is 10.7. The summed E-state index contributed by atoms with van der Waals surface area (Å²) >= 11 is 0. The number of carbonyl (C=O) groups is 2. The Balaban J connectivity index is 2.04. The van der Waals surface area contributed by atoms with Gasteiger partial charge in [-0.05, 0) is 35.4 Å². The van der Waals surface area contributed by atoms with Gasteiger partial charge in [-0.25, -0.2) is 4.39 Å². The van der Waals surface area contributed by atoms with Gasteiger partial charge in [0, 0.05) is 11.1 Å². The average Bonchev–Trinajstić information content (AvgIpc) is 2.82. The van der Waals surface area contributed by atoms with Gasteiger partial charge in [0.1, 0.15) is 5.82 Å². The highest BCUT2D eigenvalue weighted by Crippen LogP contribution is 2.34. The Morgan fingerprint density at radius 2 is 2.00 bits per heavy atom. The molecule has 0 aromatic heterocycles. The summed E-state index contributed by atoms with van der Waals surface area (Å²) in [5.41, 5.74) is 2.23. The van der Waals surface area contributed by atoms with Gasteiger partial charge < -0.3 is 15.5 Å². The van der Waals surface area contributed by atoms with Crippen molar-refractivity contribution in [3.63, 3.8) is 0 Å². The van der Waals surface area contributed by atoms with Crippen molar-refractivity contribution in [3.05, 3.63) is 65.0 Å².